The Bertz CT molecular complexity index is 1210. The SMILES string of the molecule is CC/C=C\C/C=C\C/C=C\C/C=C\CCCCCCCCCCCCC(=O)OC(COC(=O)CCCCCCCCCCCCCCCCCC)COP(=O)(O)OCC[N+](C)(C)C. The third-order valence-electron chi connectivity index (χ3n) is 11.1. The molecule has 63 heavy (non-hydrogen) atoms. The third kappa shape index (κ3) is 49.2. The fourth-order valence-corrected chi connectivity index (χ4v) is 7.87. The summed E-state index contributed by atoms with van der Waals surface area (Å²) in [6.45, 7) is 4.34. The van der Waals surface area contributed by atoms with Crippen molar-refractivity contribution in [2.24, 2.45) is 0 Å². The largest absolute Gasteiger partial charge is 0.472 e. The molecular formula is C53H99NO8P+. The summed E-state index contributed by atoms with van der Waals surface area (Å²) in [5.74, 6) is -0.795. The Hall–Kier alpha value is -2.03. The molecule has 10 heteroatoms. The molecule has 368 valence electrons. The maximum Gasteiger partial charge on any atom is 0.472 e. The first-order valence-corrected chi connectivity index (χ1v) is 27.4. The second-order valence-electron chi connectivity index (χ2n) is 18.5. The second-order valence-corrected chi connectivity index (χ2v) is 20.0. The molecule has 0 saturated carbocycles. The van der Waals surface area contributed by atoms with E-state index in [2.05, 4.69) is 62.5 Å². The van der Waals surface area contributed by atoms with E-state index in [1.807, 2.05) is 21.1 Å². The van der Waals surface area contributed by atoms with Gasteiger partial charge in [-0.2, -0.15) is 0 Å². The molecule has 0 aromatic rings. The number of hydrogen-bond donors (Lipinski definition) is 1. The van der Waals surface area contributed by atoms with E-state index in [0.717, 1.165) is 70.6 Å². The Balaban J connectivity index is 4.23. The van der Waals surface area contributed by atoms with Crippen LogP contribution in [0.2, 0.25) is 0 Å². The smallest absolute Gasteiger partial charge is 0.462 e. The minimum Gasteiger partial charge on any atom is -0.462 e. The van der Waals surface area contributed by atoms with E-state index in [0.29, 0.717) is 23.9 Å². The van der Waals surface area contributed by atoms with Crippen molar-refractivity contribution in [1.29, 1.82) is 0 Å². The molecule has 0 fully saturated rings. The zero-order valence-electron chi connectivity index (χ0n) is 41.6. The van der Waals surface area contributed by atoms with Crippen LogP contribution in [0, 0.1) is 0 Å². The summed E-state index contributed by atoms with van der Waals surface area (Å²) < 4.78 is 34.5. The molecule has 0 radical (unpaired) electrons. The number of rotatable bonds is 47. The molecule has 2 atom stereocenters. The monoisotopic (exact) mass is 909 g/mol. The summed E-state index contributed by atoms with van der Waals surface area (Å²) in [6, 6.07) is 0. The van der Waals surface area contributed by atoms with Crippen molar-refractivity contribution in [2.45, 2.75) is 232 Å². The van der Waals surface area contributed by atoms with E-state index in [1.54, 1.807) is 0 Å². The van der Waals surface area contributed by atoms with Gasteiger partial charge < -0.3 is 18.9 Å². The molecule has 0 aliphatic heterocycles. The van der Waals surface area contributed by atoms with Crippen LogP contribution in [0.3, 0.4) is 0 Å². The molecule has 0 amide bonds. The Morgan fingerprint density at radius 3 is 1.35 bits per heavy atom. The zero-order valence-corrected chi connectivity index (χ0v) is 42.5. The van der Waals surface area contributed by atoms with E-state index in [1.165, 1.54) is 122 Å². The number of allylic oxidation sites excluding steroid dienone is 8. The topological polar surface area (TPSA) is 108 Å². The summed E-state index contributed by atoms with van der Waals surface area (Å²) in [5.41, 5.74) is 0. The summed E-state index contributed by atoms with van der Waals surface area (Å²) in [4.78, 5) is 35.6. The number of hydrogen-bond acceptors (Lipinski definition) is 7. The van der Waals surface area contributed by atoms with Crippen LogP contribution < -0.4 is 0 Å². The quantitative estimate of drug-likeness (QED) is 0.0211. The van der Waals surface area contributed by atoms with Gasteiger partial charge in [-0.1, -0.05) is 210 Å². The molecule has 0 aliphatic carbocycles. The highest BCUT2D eigenvalue weighted by Crippen LogP contribution is 2.43. The minimum atomic E-state index is -4.38. The lowest BCUT2D eigenvalue weighted by Crippen LogP contribution is -2.37. The number of quaternary nitrogens is 1. The summed E-state index contributed by atoms with van der Waals surface area (Å²) in [5, 5.41) is 0. The van der Waals surface area contributed by atoms with Gasteiger partial charge in [0.25, 0.3) is 0 Å². The van der Waals surface area contributed by atoms with Gasteiger partial charge in [0.15, 0.2) is 6.10 Å². The average molecular weight is 909 g/mol. The lowest BCUT2D eigenvalue weighted by atomic mass is 10.0. The van der Waals surface area contributed by atoms with Gasteiger partial charge >= 0.3 is 19.8 Å². The maximum absolute atomic E-state index is 12.8. The number of carbonyl (C=O) groups excluding carboxylic acids is 2. The van der Waals surface area contributed by atoms with E-state index in [9.17, 15) is 19.0 Å². The van der Waals surface area contributed by atoms with Crippen LogP contribution in [0.15, 0.2) is 48.6 Å². The lowest BCUT2D eigenvalue weighted by molar-refractivity contribution is -0.870. The van der Waals surface area contributed by atoms with Crippen molar-refractivity contribution < 1.29 is 42.1 Å². The number of phosphoric ester groups is 1. The fourth-order valence-electron chi connectivity index (χ4n) is 7.12. The average Bonchev–Trinajstić information content (AvgIpc) is 3.24. The standard InChI is InChI=1S/C53H98NO8P/c1-6-8-10-12-14-16-18-20-22-24-25-26-27-28-29-30-32-34-36-38-40-42-44-46-53(56)62-51(50-61-63(57,58)60-48-47-54(3,4)5)49-59-52(55)45-43-41-39-37-35-33-31-23-21-19-17-15-13-11-9-7-2/h8,10,14,16,20,22,25-26,51H,6-7,9,11-13,15,17-19,21,23-24,27-50H2,1-5H3/p+1/b10-8-,16-14-,22-20-,26-25-. The van der Waals surface area contributed by atoms with Crippen molar-refractivity contribution in [3.05, 3.63) is 48.6 Å². The van der Waals surface area contributed by atoms with Gasteiger partial charge in [-0.05, 0) is 51.4 Å². The number of ether oxygens (including phenoxy) is 2. The highest BCUT2D eigenvalue weighted by atomic mass is 31.2. The van der Waals surface area contributed by atoms with Crippen molar-refractivity contribution in [1.82, 2.24) is 0 Å². The van der Waals surface area contributed by atoms with Crippen LogP contribution in [0.25, 0.3) is 0 Å². The van der Waals surface area contributed by atoms with Crippen LogP contribution in [0.1, 0.15) is 226 Å². The van der Waals surface area contributed by atoms with Crippen LogP contribution in [-0.2, 0) is 32.7 Å². The molecule has 0 heterocycles. The predicted octanol–water partition coefficient (Wildman–Crippen LogP) is 15.4. The van der Waals surface area contributed by atoms with Crippen LogP contribution >= 0.6 is 7.82 Å². The zero-order chi connectivity index (χ0) is 46.4. The summed E-state index contributed by atoms with van der Waals surface area (Å²) in [7, 11) is 1.48. The molecule has 2 unspecified atom stereocenters. The number of unbranched alkanes of at least 4 members (excludes halogenated alkanes) is 25. The van der Waals surface area contributed by atoms with Crippen molar-refractivity contribution in [2.75, 3.05) is 47.5 Å². The van der Waals surface area contributed by atoms with Gasteiger partial charge in [0.1, 0.15) is 19.8 Å². The number of esters is 2. The first-order valence-electron chi connectivity index (χ1n) is 25.9. The maximum atomic E-state index is 12.8. The van der Waals surface area contributed by atoms with Gasteiger partial charge in [-0.25, -0.2) is 4.57 Å². The molecule has 0 saturated heterocycles. The van der Waals surface area contributed by atoms with Crippen LogP contribution in [-0.4, -0.2) is 74.9 Å². The minimum absolute atomic E-state index is 0.0310. The van der Waals surface area contributed by atoms with Crippen molar-refractivity contribution in [3.63, 3.8) is 0 Å². The normalized spacial score (nSPS) is 13.8. The lowest BCUT2D eigenvalue weighted by Gasteiger charge is -2.24. The highest BCUT2D eigenvalue weighted by molar-refractivity contribution is 7.47. The number of phosphoric acid groups is 1. The number of carbonyl (C=O) groups is 2. The van der Waals surface area contributed by atoms with Gasteiger partial charge in [0.05, 0.1) is 27.7 Å². The Kier molecular flexibility index (Phi) is 43.7. The van der Waals surface area contributed by atoms with Crippen LogP contribution in [0.4, 0.5) is 0 Å². The second kappa shape index (κ2) is 45.1. The molecular weight excluding hydrogens is 810 g/mol. The molecule has 0 aromatic carbocycles. The highest BCUT2D eigenvalue weighted by Gasteiger charge is 2.27. The number of nitrogens with zero attached hydrogens (tertiary/aromatic N) is 1. The first-order chi connectivity index (χ1) is 30.5. The fraction of sp³-hybridized carbons (Fsp3) is 0.811. The van der Waals surface area contributed by atoms with Gasteiger partial charge in [0.2, 0.25) is 0 Å². The molecule has 1 N–H and O–H groups in total. The van der Waals surface area contributed by atoms with E-state index < -0.39 is 26.5 Å². The van der Waals surface area contributed by atoms with Crippen molar-refractivity contribution >= 4 is 19.8 Å². The molecule has 0 spiro atoms. The molecule has 0 rings (SSSR count). The molecule has 0 bridgehead atoms. The Labute approximate surface area is 388 Å². The van der Waals surface area contributed by atoms with E-state index in [-0.39, 0.29) is 25.6 Å². The van der Waals surface area contributed by atoms with Gasteiger partial charge in [0, 0.05) is 12.8 Å². The molecule has 0 aliphatic rings. The van der Waals surface area contributed by atoms with E-state index in [4.69, 9.17) is 18.5 Å². The summed E-state index contributed by atoms with van der Waals surface area (Å²) in [6.07, 6.45) is 54.4. The van der Waals surface area contributed by atoms with Crippen molar-refractivity contribution in [3.8, 4) is 0 Å². The van der Waals surface area contributed by atoms with Crippen LogP contribution in [0.5, 0.6) is 0 Å². The molecule has 9 nitrogen and oxygen atoms in total. The number of likely N-dealkylation sites (N-methyl/N-ethyl adjacent to an activating group) is 1. The Morgan fingerprint density at radius 1 is 0.508 bits per heavy atom. The molecule has 0 aromatic heterocycles. The predicted molar refractivity (Wildman–Crippen MR) is 266 cm³/mol. The first kappa shape index (κ1) is 61.0. The third-order valence-corrected chi connectivity index (χ3v) is 12.1. The van der Waals surface area contributed by atoms with E-state index >= 15 is 0 Å². The summed E-state index contributed by atoms with van der Waals surface area (Å²) >= 11 is 0. The Morgan fingerprint density at radius 2 is 0.905 bits per heavy atom. The van der Waals surface area contributed by atoms with Gasteiger partial charge in [-0.15, -0.1) is 0 Å². The van der Waals surface area contributed by atoms with Gasteiger partial charge in [-0.3, -0.25) is 18.6 Å².